The van der Waals surface area contributed by atoms with E-state index in [1.807, 2.05) is 0 Å². The van der Waals surface area contributed by atoms with E-state index in [0.29, 0.717) is 10.9 Å². The highest BCUT2D eigenvalue weighted by molar-refractivity contribution is 7.13. The van der Waals surface area contributed by atoms with Gasteiger partial charge in [-0.2, -0.15) is 0 Å². The molecule has 0 spiro atoms. The summed E-state index contributed by atoms with van der Waals surface area (Å²) in [6.45, 7) is 1.20. The predicted octanol–water partition coefficient (Wildman–Crippen LogP) is 1.27. The van der Waals surface area contributed by atoms with E-state index in [1.165, 1.54) is 30.7 Å². The molecule has 0 radical (unpaired) electrons. The molecule has 1 saturated heterocycles. The molecular formula is C11H17N3OS. The van der Waals surface area contributed by atoms with E-state index in [0.717, 1.165) is 17.8 Å². The Hall–Kier alpha value is -0.940. The number of nitrogens with two attached hydrogens (primary N) is 1. The van der Waals surface area contributed by atoms with Crippen LogP contribution < -0.4 is 5.73 Å². The topological polar surface area (TPSA) is 59.2 Å². The standard InChI is InChI=1S/C11H17N3OS/c1-14-6-2-3-8(14)4-5-10-13-7-9(16-10)11(12)15/h7-8H,2-6H2,1H3,(H2,12,15). The molecule has 2 rings (SSSR count). The number of hydrogen-bond donors (Lipinski definition) is 1. The van der Waals surface area contributed by atoms with Crippen LogP contribution in [0.4, 0.5) is 0 Å². The lowest BCUT2D eigenvalue weighted by Gasteiger charge is -2.18. The van der Waals surface area contributed by atoms with E-state index < -0.39 is 0 Å². The second-order valence-corrected chi connectivity index (χ2v) is 5.41. The largest absolute Gasteiger partial charge is 0.365 e. The van der Waals surface area contributed by atoms with Crippen molar-refractivity contribution in [1.29, 1.82) is 0 Å². The molecule has 1 aromatic heterocycles. The smallest absolute Gasteiger partial charge is 0.260 e. The van der Waals surface area contributed by atoms with E-state index in [2.05, 4.69) is 16.9 Å². The molecule has 1 aromatic rings. The Morgan fingerprint density at radius 2 is 2.56 bits per heavy atom. The summed E-state index contributed by atoms with van der Waals surface area (Å²) in [5.74, 6) is -0.373. The van der Waals surface area contributed by atoms with Gasteiger partial charge in [0.2, 0.25) is 0 Å². The van der Waals surface area contributed by atoms with Crippen molar-refractivity contribution >= 4 is 17.2 Å². The van der Waals surface area contributed by atoms with Crippen LogP contribution in [0.1, 0.15) is 33.9 Å². The zero-order chi connectivity index (χ0) is 11.5. The van der Waals surface area contributed by atoms with Crippen LogP contribution >= 0.6 is 11.3 Å². The summed E-state index contributed by atoms with van der Waals surface area (Å²) in [4.78, 5) is 18.1. The number of rotatable bonds is 4. The second-order valence-electron chi connectivity index (χ2n) is 4.30. The number of carbonyl (C=O) groups excluding carboxylic acids is 1. The number of hydrogen-bond acceptors (Lipinski definition) is 4. The highest BCUT2D eigenvalue weighted by atomic mass is 32.1. The minimum absolute atomic E-state index is 0.373. The van der Waals surface area contributed by atoms with Gasteiger partial charge in [0.15, 0.2) is 0 Å². The molecule has 1 unspecified atom stereocenters. The molecule has 0 aliphatic carbocycles. The average molecular weight is 239 g/mol. The van der Waals surface area contributed by atoms with Gasteiger partial charge in [-0.1, -0.05) is 0 Å². The van der Waals surface area contributed by atoms with Crippen LogP contribution in [0.15, 0.2) is 6.20 Å². The first-order valence-electron chi connectivity index (χ1n) is 5.61. The lowest BCUT2D eigenvalue weighted by molar-refractivity contribution is 0.100. The first kappa shape index (κ1) is 11.5. The maximum absolute atomic E-state index is 10.9. The molecule has 2 N–H and O–H groups in total. The Bertz CT molecular complexity index is 377. The normalized spacial score (nSPS) is 21.4. The molecular weight excluding hydrogens is 222 g/mol. The summed E-state index contributed by atoms with van der Waals surface area (Å²) in [7, 11) is 2.17. The molecule has 2 heterocycles. The van der Waals surface area contributed by atoms with Gasteiger partial charge < -0.3 is 10.6 Å². The van der Waals surface area contributed by atoms with Crippen molar-refractivity contribution < 1.29 is 4.79 Å². The summed E-state index contributed by atoms with van der Waals surface area (Å²) in [5.41, 5.74) is 5.19. The van der Waals surface area contributed by atoms with Crippen molar-refractivity contribution in [3.05, 3.63) is 16.1 Å². The van der Waals surface area contributed by atoms with Crippen LogP contribution in [-0.2, 0) is 6.42 Å². The molecule has 1 atom stereocenters. The van der Waals surface area contributed by atoms with Gasteiger partial charge in [0, 0.05) is 12.5 Å². The van der Waals surface area contributed by atoms with Crippen LogP contribution in [0.25, 0.3) is 0 Å². The third kappa shape index (κ3) is 2.59. The fourth-order valence-electron chi connectivity index (χ4n) is 2.17. The van der Waals surface area contributed by atoms with Gasteiger partial charge in [-0.15, -0.1) is 11.3 Å². The molecule has 0 saturated carbocycles. The van der Waals surface area contributed by atoms with E-state index in [4.69, 9.17) is 5.73 Å². The number of amides is 1. The number of aryl methyl sites for hydroxylation is 1. The monoisotopic (exact) mass is 239 g/mol. The maximum Gasteiger partial charge on any atom is 0.260 e. The van der Waals surface area contributed by atoms with E-state index in [9.17, 15) is 4.79 Å². The number of aromatic nitrogens is 1. The zero-order valence-corrected chi connectivity index (χ0v) is 10.3. The number of carbonyl (C=O) groups is 1. The summed E-state index contributed by atoms with van der Waals surface area (Å²) < 4.78 is 0. The van der Waals surface area contributed by atoms with Crippen molar-refractivity contribution in [2.75, 3.05) is 13.6 Å². The van der Waals surface area contributed by atoms with Crippen LogP contribution in [0.3, 0.4) is 0 Å². The van der Waals surface area contributed by atoms with E-state index in [1.54, 1.807) is 6.20 Å². The first-order chi connectivity index (χ1) is 7.66. The number of nitrogens with zero attached hydrogens (tertiary/aromatic N) is 2. The maximum atomic E-state index is 10.9. The van der Waals surface area contributed by atoms with Crippen LogP contribution in [0.2, 0.25) is 0 Å². The Balaban J connectivity index is 1.87. The quantitative estimate of drug-likeness (QED) is 0.860. The first-order valence-corrected chi connectivity index (χ1v) is 6.43. The van der Waals surface area contributed by atoms with Crippen LogP contribution in [0.5, 0.6) is 0 Å². The van der Waals surface area contributed by atoms with Gasteiger partial charge in [0.25, 0.3) is 5.91 Å². The van der Waals surface area contributed by atoms with Gasteiger partial charge in [0.1, 0.15) is 4.88 Å². The van der Waals surface area contributed by atoms with Crippen molar-refractivity contribution in [2.24, 2.45) is 5.73 Å². The third-order valence-corrected chi connectivity index (χ3v) is 4.23. The number of thiazole rings is 1. The van der Waals surface area contributed by atoms with Gasteiger partial charge in [-0.25, -0.2) is 4.98 Å². The summed E-state index contributed by atoms with van der Waals surface area (Å²) in [5, 5.41) is 1.02. The molecule has 5 heteroatoms. The average Bonchev–Trinajstić information content (AvgIpc) is 2.83. The van der Waals surface area contributed by atoms with Crippen molar-refractivity contribution in [2.45, 2.75) is 31.7 Å². The Morgan fingerprint density at radius 1 is 1.75 bits per heavy atom. The molecule has 16 heavy (non-hydrogen) atoms. The Kier molecular flexibility index (Phi) is 3.56. The highest BCUT2D eigenvalue weighted by Crippen LogP contribution is 2.21. The van der Waals surface area contributed by atoms with Crippen molar-refractivity contribution in [1.82, 2.24) is 9.88 Å². The lowest BCUT2D eigenvalue weighted by atomic mass is 10.1. The minimum Gasteiger partial charge on any atom is -0.365 e. The van der Waals surface area contributed by atoms with E-state index >= 15 is 0 Å². The molecule has 0 aromatic carbocycles. The predicted molar refractivity (Wildman–Crippen MR) is 64.6 cm³/mol. The second kappa shape index (κ2) is 4.93. The molecule has 1 fully saturated rings. The summed E-state index contributed by atoms with van der Waals surface area (Å²) in [6, 6.07) is 0.681. The fraction of sp³-hybridized carbons (Fsp3) is 0.636. The fourth-order valence-corrected chi connectivity index (χ4v) is 2.96. The zero-order valence-electron chi connectivity index (χ0n) is 9.48. The van der Waals surface area contributed by atoms with Gasteiger partial charge in [0.05, 0.1) is 11.2 Å². The molecule has 4 nitrogen and oxygen atoms in total. The van der Waals surface area contributed by atoms with Gasteiger partial charge in [-0.05, 0) is 32.9 Å². The van der Waals surface area contributed by atoms with E-state index in [-0.39, 0.29) is 5.91 Å². The molecule has 0 bridgehead atoms. The Labute approximate surface area is 99.5 Å². The summed E-state index contributed by atoms with van der Waals surface area (Å²) in [6.07, 6.45) is 6.24. The van der Waals surface area contributed by atoms with Gasteiger partial charge in [-0.3, -0.25) is 4.79 Å². The molecule has 1 aliphatic rings. The van der Waals surface area contributed by atoms with Crippen LogP contribution in [-0.4, -0.2) is 35.4 Å². The van der Waals surface area contributed by atoms with Crippen molar-refractivity contribution in [3.8, 4) is 0 Å². The Morgan fingerprint density at radius 3 is 3.12 bits per heavy atom. The van der Waals surface area contributed by atoms with Gasteiger partial charge >= 0.3 is 0 Å². The van der Waals surface area contributed by atoms with Crippen LogP contribution in [0, 0.1) is 0 Å². The SMILES string of the molecule is CN1CCCC1CCc1ncc(C(N)=O)s1. The minimum atomic E-state index is -0.373. The van der Waals surface area contributed by atoms with Crippen molar-refractivity contribution in [3.63, 3.8) is 0 Å². The number of likely N-dealkylation sites (tertiary alicyclic amines) is 1. The molecule has 1 aliphatic heterocycles. The highest BCUT2D eigenvalue weighted by Gasteiger charge is 2.20. The number of primary amides is 1. The third-order valence-electron chi connectivity index (χ3n) is 3.16. The molecule has 88 valence electrons. The lowest BCUT2D eigenvalue weighted by Crippen LogP contribution is -2.25. The molecule has 1 amide bonds. The summed E-state index contributed by atoms with van der Waals surface area (Å²) >= 11 is 1.42.